The zero-order valence-corrected chi connectivity index (χ0v) is 13.7. The molecule has 0 saturated heterocycles. The quantitative estimate of drug-likeness (QED) is 0.795. The van der Waals surface area contributed by atoms with E-state index < -0.39 is 10.0 Å². The fraction of sp³-hybridized carbons (Fsp3) is 0.333. The molecule has 0 aliphatic carbocycles. The van der Waals surface area contributed by atoms with Crippen LogP contribution in [0.15, 0.2) is 46.0 Å². The van der Waals surface area contributed by atoms with Crippen LogP contribution in [0, 0.1) is 0 Å². The summed E-state index contributed by atoms with van der Waals surface area (Å²) in [5, 5.41) is 1.74. The van der Waals surface area contributed by atoms with Crippen molar-refractivity contribution in [2.45, 2.75) is 24.0 Å². The molecule has 0 spiro atoms. The minimum atomic E-state index is -3.40. The van der Waals surface area contributed by atoms with Crippen molar-refractivity contribution in [3.63, 3.8) is 0 Å². The summed E-state index contributed by atoms with van der Waals surface area (Å²) in [7, 11) is -3.40. The fourth-order valence-electron chi connectivity index (χ4n) is 1.78. The lowest BCUT2D eigenvalue weighted by molar-refractivity contribution is 0.323. The van der Waals surface area contributed by atoms with Crippen molar-refractivity contribution in [3.8, 4) is 5.75 Å². The summed E-state index contributed by atoms with van der Waals surface area (Å²) in [6, 6.07) is 11.2. The Morgan fingerprint density at radius 2 is 1.90 bits per heavy atom. The number of rotatable bonds is 7. The number of benzene rings is 1. The van der Waals surface area contributed by atoms with Crippen LogP contribution in [0.2, 0.25) is 0 Å². The first-order chi connectivity index (χ1) is 9.99. The zero-order chi connectivity index (χ0) is 15.3. The van der Waals surface area contributed by atoms with Crippen LogP contribution in [0.1, 0.15) is 25.3 Å². The highest BCUT2D eigenvalue weighted by atomic mass is 32.2. The van der Waals surface area contributed by atoms with E-state index in [2.05, 4.69) is 18.6 Å². The summed E-state index contributed by atoms with van der Waals surface area (Å²) in [6.07, 6.45) is 0. The standard InChI is InChI=1S/C15H19NO3S2/c1-12(2)13-5-7-14(8-6-13)19-10-9-16-21(17,18)15-4-3-11-20-15/h3-8,11-12,16H,9-10H2,1-2H3. The van der Waals surface area contributed by atoms with E-state index >= 15 is 0 Å². The fourth-order valence-corrected chi connectivity index (χ4v) is 3.83. The first-order valence-electron chi connectivity index (χ1n) is 6.75. The van der Waals surface area contributed by atoms with Gasteiger partial charge in [-0.2, -0.15) is 0 Å². The van der Waals surface area contributed by atoms with E-state index in [0.29, 0.717) is 16.7 Å². The van der Waals surface area contributed by atoms with Crippen LogP contribution in [-0.2, 0) is 10.0 Å². The van der Waals surface area contributed by atoms with E-state index in [0.717, 1.165) is 5.75 Å². The van der Waals surface area contributed by atoms with Gasteiger partial charge in [-0.05, 0) is 35.1 Å². The molecule has 21 heavy (non-hydrogen) atoms. The Hall–Kier alpha value is -1.37. The van der Waals surface area contributed by atoms with E-state index in [1.807, 2.05) is 24.3 Å². The molecule has 1 heterocycles. The maximum Gasteiger partial charge on any atom is 0.250 e. The van der Waals surface area contributed by atoms with Crippen LogP contribution in [0.5, 0.6) is 5.75 Å². The maximum atomic E-state index is 11.9. The number of hydrogen-bond donors (Lipinski definition) is 1. The molecule has 1 aromatic carbocycles. The molecule has 114 valence electrons. The third kappa shape index (κ3) is 4.56. The van der Waals surface area contributed by atoms with Crippen molar-refractivity contribution in [1.29, 1.82) is 0 Å². The number of hydrogen-bond acceptors (Lipinski definition) is 4. The molecule has 6 heteroatoms. The second-order valence-electron chi connectivity index (χ2n) is 4.90. The molecule has 4 nitrogen and oxygen atoms in total. The largest absolute Gasteiger partial charge is 0.492 e. The monoisotopic (exact) mass is 325 g/mol. The number of nitrogens with one attached hydrogen (secondary N) is 1. The molecule has 0 aliphatic heterocycles. The molecule has 0 saturated carbocycles. The van der Waals surface area contributed by atoms with Crippen molar-refractivity contribution in [2.75, 3.05) is 13.2 Å². The van der Waals surface area contributed by atoms with Gasteiger partial charge in [-0.15, -0.1) is 11.3 Å². The van der Waals surface area contributed by atoms with Gasteiger partial charge in [-0.1, -0.05) is 32.0 Å². The highest BCUT2D eigenvalue weighted by Crippen LogP contribution is 2.18. The van der Waals surface area contributed by atoms with Crippen molar-refractivity contribution < 1.29 is 13.2 Å². The normalized spacial score (nSPS) is 11.8. The topological polar surface area (TPSA) is 55.4 Å². The molecule has 0 atom stereocenters. The molecule has 0 fully saturated rings. The van der Waals surface area contributed by atoms with Gasteiger partial charge in [0.15, 0.2) is 0 Å². The summed E-state index contributed by atoms with van der Waals surface area (Å²) in [4.78, 5) is 0. The molecular weight excluding hydrogens is 306 g/mol. The van der Waals surface area contributed by atoms with Crippen LogP contribution in [0.3, 0.4) is 0 Å². The van der Waals surface area contributed by atoms with E-state index in [1.165, 1.54) is 16.9 Å². The van der Waals surface area contributed by atoms with Gasteiger partial charge in [0.2, 0.25) is 10.0 Å². The molecule has 1 aromatic heterocycles. The average Bonchev–Trinajstić information content (AvgIpc) is 2.99. The summed E-state index contributed by atoms with van der Waals surface area (Å²) < 4.78 is 32.1. The molecule has 0 radical (unpaired) electrons. The van der Waals surface area contributed by atoms with Crippen LogP contribution in [0.4, 0.5) is 0 Å². The van der Waals surface area contributed by atoms with Gasteiger partial charge >= 0.3 is 0 Å². The summed E-state index contributed by atoms with van der Waals surface area (Å²) >= 11 is 1.20. The van der Waals surface area contributed by atoms with E-state index in [4.69, 9.17) is 4.74 Å². The van der Waals surface area contributed by atoms with Gasteiger partial charge < -0.3 is 4.74 Å². The van der Waals surface area contributed by atoms with Crippen LogP contribution in [-0.4, -0.2) is 21.6 Å². The second-order valence-corrected chi connectivity index (χ2v) is 7.84. The van der Waals surface area contributed by atoms with Gasteiger partial charge in [0, 0.05) is 6.54 Å². The number of thiophene rings is 1. The summed E-state index contributed by atoms with van der Waals surface area (Å²) in [6.45, 7) is 4.81. The molecular formula is C15H19NO3S2. The highest BCUT2D eigenvalue weighted by molar-refractivity contribution is 7.91. The molecule has 0 unspecified atom stereocenters. The first kappa shape index (κ1) is 16.0. The minimum absolute atomic E-state index is 0.242. The van der Waals surface area contributed by atoms with Gasteiger partial charge in [-0.25, -0.2) is 13.1 Å². The Balaban J connectivity index is 1.80. The summed E-state index contributed by atoms with van der Waals surface area (Å²) in [5.41, 5.74) is 1.25. The maximum absolute atomic E-state index is 11.9. The van der Waals surface area contributed by atoms with Gasteiger partial charge in [-0.3, -0.25) is 0 Å². The third-order valence-corrected chi connectivity index (χ3v) is 5.83. The van der Waals surface area contributed by atoms with E-state index in [-0.39, 0.29) is 6.54 Å². The number of sulfonamides is 1. The van der Waals surface area contributed by atoms with Gasteiger partial charge in [0.1, 0.15) is 16.6 Å². The lowest BCUT2D eigenvalue weighted by Crippen LogP contribution is -2.27. The molecule has 1 N–H and O–H groups in total. The molecule has 0 amide bonds. The first-order valence-corrected chi connectivity index (χ1v) is 9.11. The van der Waals surface area contributed by atoms with E-state index in [1.54, 1.807) is 17.5 Å². The van der Waals surface area contributed by atoms with Crippen molar-refractivity contribution in [2.24, 2.45) is 0 Å². The smallest absolute Gasteiger partial charge is 0.250 e. The van der Waals surface area contributed by atoms with Crippen molar-refractivity contribution >= 4 is 21.4 Å². The SMILES string of the molecule is CC(C)c1ccc(OCCNS(=O)(=O)c2cccs2)cc1. The van der Waals surface area contributed by atoms with Crippen LogP contribution in [0.25, 0.3) is 0 Å². The second kappa shape index (κ2) is 7.06. The lowest BCUT2D eigenvalue weighted by atomic mass is 10.0. The predicted octanol–water partition coefficient (Wildman–Crippen LogP) is 3.23. The molecule has 0 aliphatic rings. The van der Waals surface area contributed by atoms with Crippen LogP contribution < -0.4 is 9.46 Å². The molecule has 2 rings (SSSR count). The predicted molar refractivity (Wildman–Crippen MR) is 85.5 cm³/mol. The number of ether oxygens (including phenoxy) is 1. The summed E-state index contributed by atoms with van der Waals surface area (Å²) in [5.74, 6) is 1.23. The van der Waals surface area contributed by atoms with Gasteiger partial charge in [0.25, 0.3) is 0 Å². The minimum Gasteiger partial charge on any atom is -0.492 e. The van der Waals surface area contributed by atoms with Crippen molar-refractivity contribution in [3.05, 3.63) is 47.3 Å². The van der Waals surface area contributed by atoms with E-state index in [9.17, 15) is 8.42 Å². The van der Waals surface area contributed by atoms with Gasteiger partial charge in [0.05, 0.1) is 0 Å². The lowest BCUT2D eigenvalue weighted by Gasteiger charge is -2.09. The highest BCUT2D eigenvalue weighted by Gasteiger charge is 2.13. The molecule has 2 aromatic rings. The zero-order valence-electron chi connectivity index (χ0n) is 12.1. The Labute approximate surface area is 129 Å². The Morgan fingerprint density at radius 1 is 1.19 bits per heavy atom. The Kier molecular flexibility index (Phi) is 5.39. The molecule has 0 bridgehead atoms. The average molecular weight is 325 g/mol. The Morgan fingerprint density at radius 3 is 2.48 bits per heavy atom. The van der Waals surface area contributed by atoms with Crippen molar-refractivity contribution in [1.82, 2.24) is 4.72 Å². The Bertz CT molecular complexity index is 647. The van der Waals surface area contributed by atoms with Crippen LogP contribution >= 0.6 is 11.3 Å². The third-order valence-electron chi connectivity index (χ3n) is 2.97.